The maximum absolute atomic E-state index is 5.46. The van der Waals surface area contributed by atoms with Crippen LogP contribution >= 0.6 is 0 Å². The van der Waals surface area contributed by atoms with Crippen molar-refractivity contribution in [3.05, 3.63) is 35.9 Å². The zero-order valence-electron chi connectivity index (χ0n) is 10.9. The Hall–Kier alpha value is -1.24. The molecule has 0 heterocycles. The molecule has 1 aliphatic carbocycles. The Labute approximate surface area is 104 Å². The molecule has 0 fully saturated rings. The number of rotatable bonds is 4. The summed E-state index contributed by atoms with van der Waals surface area (Å²) in [7, 11) is 0. The Morgan fingerprint density at radius 2 is 1.94 bits per heavy atom. The molecule has 92 valence electrons. The highest BCUT2D eigenvalue weighted by atomic mass is 16.5. The monoisotopic (exact) mass is 230 g/mol. The topological polar surface area (TPSA) is 9.23 Å². The molecule has 0 N–H and O–H groups in total. The van der Waals surface area contributed by atoms with Crippen LogP contribution in [0.4, 0.5) is 0 Å². The molecule has 1 heteroatoms. The van der Waals surface area contributed by atoms with Gasteiger partial charge in [0.25, 0.3) is 0 Å². The van der Waals surface area contributed by atoms with Gasteiger partial charge in [-0.3, -0.25) is 0 Å². The molecule has 0 aromatic heterocycles. The summed E-state index contributed by atoms with van der Waals surface area (Å²) in [6, 6.07) is 8.52. The van der Waals surface area contributed by atoms with E-state index >= 15 is 0 Å². The third kappa shape index (κ3) is 3.12. The van der Waals surface area contributed by atoms with Crippen LogP contribution in [0.3, 0.4) is 0 Å². The molecule has 1 aromatic rings. The summed E-state index contributed by atoms with van der Waals surface area (Å²) < 4.78 is 5.46. The molecule has 0 bridgehead atoms. The van der Waals surface area contributed by atoms with Crippen LogP contribution in [0.1, 0.15) is 45.1 Å². The molecule has 1 atom stereocenters. The summed E-state index contributed by atoms with van der Waals surface area (Å²) in [5.74, 6) is 1.88. The fourth-order valence-corrected chi connectivity index (χ4v) is 2.45. The van der Waals surface area contributed by atoms with Crippen molar-refractivity contribution in [3.8, 4) is 5.75 Å². The highest BCUT2D eigenvalue weighted by Crippen LogP contribution is 2.32. The summed E-state index contributed by atoms with van der Waals surface area (Å²) in [6.07, 6.45) is 7.56. The number of hydrogen-bond acceptors (Lipinski definition) is 1. The van der Waals surface area contributed by atoms with Gasteiger partial charge in [-0.1, -0.05) is 31.6 Å². The van der Waals surface area contributed by atoms with E-state index in [1.807, 2.05) is 6.92 Å². The molecule has 1 aliphatic rings. The predicted octanol–water partition coefficient (Wildman–Crippen LogP) is 4.68. The van der Waals surface area contributed by atoms with Crippen LogP contribution in [-0.4, -0.2) is 6.61 Å². The van der Waals surface area contributed by atoms with Crippen LogP contribution in [0.2, 0.25) is 0 Å². The van der Waals surface area contributed by atoms with Crippen molar-refractivity contribution in [2.75, 3.05) is 6.61 Å². The van der Waals surface area contributed by atoms with Crippen molar-refractivity contribution >= 4 is 5.57 Å². The SMILES string of the molecule is CCOc1ccc(C2=CCC(CC)CC2)cc1. The van der Waals surface area contributed by atoms with Gasteiger partial charge >= 0.3 is 0 Å². The van der Waals surface area contributed by atoms with Gasteiger partial charge in [0.1, 0.15) is 5.75 Å². The van der Waals surface area contributed by atoms with Crippen molar-refractivity contribution < 1.29 is 4.74 Å². The minimum atomic E-state index is 0.736. The first-order chi connectivity index (χ1) is 8.33. The van der Waals surface area contributed by atoms with Crippen molar-refractivity contribution in [3.63, 3.8) is 0 Å². The van der Waals surface area contributed by atoms with E-state index in [9.17, 15) is 0 Å². The van der Waals surface area contributed by atoms with Crippen molar-refractivity contribution in [1.29, 1.82) is 0 Å². The molecule has 17 heavy (non-hydrogen) atoms. The lowest BCUT2D eigenvalue weighted by Crippen LogP contribution is -2.03. The summed E-state index contributed by atoms with van der Waals surface area (Å²) in [5.41, 5.74) is 2.88. The summed E-state index contributed by atoms with van der Waals surface area (Å²) in [6.45, 7) is 5.04. The lowest BCUT2D eigenvalue weighted by Gasteiger charge is -2.20. The average molecular weight is 230 g/mol. The van der Waals surface area contributed by atoms with Crippen LogP contribution in [0.25, 0.3) is 5.57 Å². The molecule has 0 amide bonds. The zero-order valence-corrected chi connectivity index (χ0v) is 10.9. The molecular weight excluding hydrogens is 208 g/mol. The Kier molecular flexibility index (Phi) is 4.24. The van der Waals surface area contributed by atoms with Crippen LogP contribution in [0.15, 0.2) is 30.3 Å². The van der Waals surface area contributed by atoms with Gasteiger partial charge in [-0.15, -0.1) is 0 Å². The van der Waals surface area contributed by atoms with Gasteiger partial charge in [-0.05, 0) is 55.4 Å². The third-order valence-corrected chi connectivity index (χ3v) is 3.63. The molecule has 1 unspecified atom stereocenters. The van der Waals surface area contributed by atoms with E-state index in [0.717, 1.165) is 18.3 Å². The first-order valence-electron chi connectivity index (χ1n) is 6.75. The predicted molar refractivity (Wildman–Crippen MR) is 73.2 cm³/mol. The van der Waals surface area contributed by atoms with Crippen molar-refractivity contribution in [2.24, 2.45) is 5.92 Å². The highest BCUT2D eigenvalue weighted by molar-refractivity contribution is 5.66. The second-order valence-electron chi connectivity index (χ2n) is 4.74. The normalized spacial score (nSPS) is 19.9. The Bertz CT molecular complexity index is 375. The van der Waals surface area contributed by atoms with Gasteiger partial charge < -0.3 is 4.74 Å². The van der Waals surface area contributed by atoms with E-state index in [4.69, 9.17) is 4.74 Å². The average Bonchev–Trinajstić information content (AvgIpc) is 2.40. The van der Waals surface area contributed by atoms with E-state index in [1.54, 1.807) is 0 Å². The van der Waals surface area contributed by atoms with E-state index in [2.05, 4.69) is 37.3 Å². The highest BCUT2D eigenvalue weighted by Gasteiger charge is 2.13. The quantitative estimate of drug-likeness (QED) is 0.729. The standard InChI is InChI=1S/C16H22O/c1-3-13-5-7-14(8-6-13)15-9-11-16(12-10-15)17-4-2/h7,9-13H,3-6,8H2,1-2H3. The van der Waals surface area contributed by atoms with Gasteiger partial charge in [-0.2, -0.15) is 0 Å². The fraction of sp³-hybridized carbons (Fsp3) is 0.500. The maximum Gasteiger partial charge on any atom is 0.119 e. The van der Waals surface area contributed by atoms with E-state index in [0.29, 0.717) is 0 Å². The second kappa shape index (κ2) is 5.90. The van der Waals surface area contributed by atoms with Crippen LogP contribution in [-0.2, 0) is 0 Å². The molecular formula is C16H22O. The first kappa shape index (κ1) is 12.2. The zero-order chi connectivity index (χ0) is 12.1. The Balaban J connectivity index is 2.05. The number of benzene rings is 1. The van der Waals surface area contributed by atoms with Crippen LogP contribution < -0.4 is 4.74 Å². The Morgan fingerprint density at radius 1 is 1.18 bits per heavy atom. The molecule has 0 saturated heterocycles. The largest absolute Gasteiger partial charge is 0.494 e. The second-order valence-corrected chi connectivity index (χ2v) is 4.74. The lowest BCUT2D eigenvalue weighted by atomic mass is 9.85. The summed E-state index contributed by atoms with van der Waals surface area (Å²) >= 11 is 0. The third-order valence-electron chi connectivity index (χ3n) is 3.63. The maximum atomic E-state index is 5.46. The summed E-state index contributed by atoms with van der Waals surface area (Å²) in [5, 5.41) is 0. The number of ether oxygens (including phenoxy) is 1. The van der Waals surface area contributed by atoms with E-state index in [1.165, 1.54) is 36.8 Å². The summed E-state index contributed by atoms with van der Waals surface area (Å²) in [4.78, 5) is 0. The van der Waals surface area contributed by atoms with E-state index in [-0.39, 0.29) is 0 Å². The molecule has 2 rings (SSSR count). The van der Waals surface area contributed by atoms with Gasteiger partial charge in [0.05, 0.1) is 6.61 Å². The Morgan fingerprint density at radius 3 is 2.47 bits per heavy atom. The first-order valence-corrected chi connectivity index (χ1v) is 6.75. The van der Waals surface area contributed by atoms with Gasteiger partial charge in [0.15, 0.2) is 0 Å². The molecule has 0 radical (unpaired) electrons. The van der Waals surface area contributed by atoms with Crippen LogP contribution in [0, 0.1) is 5.92 Å². The molecule has 0 saturated carbocycles. The number of hydrogen-bond donors (Lipinski definition) is 0. The minimum Gasteiger partial charge on any atom is -0.494 e. The molecule has 1 nitrogen and oxygen atoms in total. The fourth-order valence-electron chi connectivity index (χ4n) is 2.45. The minimum absolute atomic E-state index is 0.736. The number of allylic oxidation sites excluding steroid dienone is 2. The molecule has 0 spiro atoms. The van der Waals surface area contributed by atoms with Crippen molar-refractivity contribution in [2.45, 2.75) is 39.5 Å². The van der Waals surface area contributed by atoms with Gasteiger partial charge in [0.2, 0.25) is 0 Å². The van der Waals surface area contributed by atoms with Crippen LogP contribution in [0.5, 0.6) is 5.75 Å². The van der Waals surface area contributed by atoms with Gasteiger partial charge in [-0.25, -0.2) is 0 Å². The van der Waals surface area contributed by atoms with E-state index < -0.39 is 0 Å². The molecule has 0 aliphatic heterocycles. The smallest absolute Gasteiger partial charge is 0.119 e. The van der Waals surface area contributed by atoms with Crippen molar-refractivity contribution in [1.82, 2.24) is 0 Å². The molecule has 1 aromatic carbocycles. The van der Waals surface area contributed by atoms with Gasteiger partial charge in [0, 0.05) is 0 Å². The lowest BCUT2D eigenvalue weighted by molar-refractivity contribution is 0.340.